The molecule has 0 radical (unpaired) electrons. The Kier molecular flexibility index (Phi) is 6.45. The minimum absolute atomic E-state index is 0.189. The first kappa shape index (κ1) is 13.0. The fourth-order valence-electron chi connectivity index (χ4n) is 0.817. The second kappa shape index (κ2) is 6.45. The van der Waals surface area contributed by atoms with E-state index < -0.39 is 19.1 Å². The van der Waals surface area contributed by atoms with E-state index in [0.29, 0.717) is 6.42 Å². The van der Waals surface area contributed by atoms with Gasteiger partial charge in [-0.2, -0.15) is 8.42 Å². The average Bonchev–Trinajstić information content (AvgIpc) is 2.04. The molecule has 0 saturated heterocycles. The number of hydrogen-bond acceptors (Lipinski definition) is 3. The van der Waals surface area contributed by atoms with Crippen molar-refractivity contribution < 1.29 is 13.0 Å². The lowest BCUT2D eigenvalue weighted by molar-refractivity contribution is 0.581. The summed E-state index contributed by atoms with van der Waals surface area (Å²) in [5.74, 6) is 0.0652. The van der Waals surface area contributed by atoms with E-state index in [-0.39, 0.29) is 11.5 Å². The fraction of sp³-hybridized carbons (Fsp3) is 0.750. The van der Waals surface area contributed by atoms with Crippen molar-refractivity contribution in [2.75, 3.05) is 11.5 Å². The van der Waals surface area contributed by atoms with E-state index in [0.717, 1.165) is 12.8 Å². The smallest absolute Gasteiger partial charge is 0.316 e. The van der Waals surface area contributed by atoms with Crippen molar-refractivity contribution in [3.8, 4) is 0 Å². The molecule has 3 nitrogen and oxygen atoms in total. The van der Waals surface area contributed by atoms with Crippen molar-refractivity contribution in [3.63, 3.8) is 0 Å². The second-order valence-corrected chi connectivity index (χ2v) is 7.83. The first-order valence-electron chi connectivity index (χ1n) is 4.27. The van der Waals surface area contributed by atoms with E-state index in [2.05, 4.69) is 6.58 Å². The molecule has 0 heterocycles. The summed E-state index contributed by atoms with van der Waals surface area (Å²) in [6.45, 7) is 5.33. The van der Waals surface area contributed by atoms with Crippen LogP contribution in [0.2, 0.25) is 0 Å². The van der Waals surface area contributed by atoms with Crippen molar-refractivity contribution in [1.29, 1.82) is 0 Å². The lowest BCUT2D eigenvalue weighted by Gasteiger charge is -2.08. The molecule has 0 amide bonds. The van der Waals surface area contributed by atoms with Gasteiger partial charge in [0.15, 0.2) is 0 Å². The Labute approximate surface area is 82.7 Å². The summed E-state index contributed by atoms with van der Waals surface area (Å²) >= 11 is 0. The molecule has 5 heteroatoms. The van der Waals surface area contributed by atoms with Gasteiger partial charge in [0, 0.05) is 0 Å². The van der Waals surface area contributed by atoms with E-state index >= 15 is 0 Å². The van der Waals surface area contributed by atoms with Crippen LogP contribution in [-0.4, -0.2) is 24.5 Å². The molecule has 1 unspecified atom stereocenters. The molecule has 0 aromatic heterocycles. The maximum Gasteiger partial charge on any atom is 0.316 e. The number of rotatable bonds is 7. The number of hydrogen-bond donors (Lipinski definition) is 0. The van der Waals surface area contributed by atoms with E-state index in [1.807, 2.05) is 6.92 Å². The molecule has 0 aliphatic rings. The Morgan fingerprint density at radius 2 is 2.08 bits per heavy atom. The summed E-state index contributed by atoms with van der Waals surface area (Å²) in [5.41, 5.74) is 0. The van der Waals surface area contributed by atoms with Gasteiger partial charge in [-0.25, -0.2) is 0 Å². The minimum atomic E-state index is -3.44. The van der Waals surface area contributed by atoms with E-state index in [9.17, 15) is 13.0 Å². The lowest BCUT2D eigenvalue weighted by Crippen LogP contribution is -2.21. The van der Waals surface area contributed by atoms with Crippen molar-refractivity contribution in [2.45, 2.75) is 26.2 Å². The maximum atomic E-state index is 11.2. The Balaban J connectivity index is 3.94. The molecule has 0 fully saturated rings. The SMILES string of the molecule is C=CCS(=O)(=O)[S+]([O-])CCCCC. The molecule has 0 bridgehead atoms. The normalized spacial score (nSPS) is 14.0. The van der Waals surface area contributed by atoms with Crippen LogP contribution in [0.15, 0.2) is 12.7 Å². The van der Waals surface area contributed by atoms with Crippen molar-refractivity contribution in [3.05, 3.63) is 12.7 Å². The van der Waals surface area contributed by atoms with E-state index in [1.165, 1.54) is 6.08 Å². The predicted molar refractivity (Wildman–Crippen MR) is 56.5 cm³/mol. The third-order valence-electron chi connectivity index (χ3n) is 1.52. The van der Waals surface area contributed by atoms with Gasteiger partial charge in [-0.05, 0) is 12.8 Å². The van der Waals surface area contributed by atoms with E-state index in [4.69, 9.17) is 0 Å². The highest BCUT2D eigenvalue weighted by Gasteiger charge is 2.23. The van der Waals surface area contributed by atoms with Gasteiger partial charge in [0.2, 0.25) is 0 Å². The highest BCUT2D eigenvalue weighted by Crippen LogP contribution is 2.08. The monoisotopic (exact) mass is 224 g/mol. The Morgan fingerprint density at radius 3 is 2.54 bits per heavy atom. The largest absolute Gasteiger partial charge is 0.601 e. The zero-order chi connectivity index (χ0) is 10.3. The molecule has 0 N–H and O–H groups in total. The summed E-state index contributed by atoms with van der Waals surface area (Å²) in [4.78, 5) is 0. The van der Waals surface area contributed by atoms with E-state index in [1.54, 1.807) is 0 Å². The Hall–Kier alpha value is -0.0000000000000000763. The quantitative estimate of drug-likeness (QED) is 0.284. The minimum Gasteiger partial charge on any atom is -0.601 e. The molecule has 0 spiro atoms. The molecule has 0 aromatic carbocycles. The summed E-state index contributed by atoms with van der Waals surface area (Å²) in [6.07, 6.45) is 3.90. The maximum absolute atomic E-state index is 11.2. The molecule has 0 aliphatic carbocycles. The van der Waals surface area contributed by atoms with Crippen LogP contribution in [0.25, 0.3) is 0 Å². The van der Waals surface area contributed by atoms with Gasteiger partial charge in [-0.15, -0.1) is 6.58 Å². The molecule has 0 rings (SSSR count). The lowest BCUT2D eigenvalue weighted by atomic mass is 10.3. The van der Waals surface area contributed by atoms with Crippen molar-refractivity contribution >= 4 is 19.1 Å². The van der Waals surface area contributed by atoms with Crippen LogP contribution in [0.1, 0.15) is 26.2 Å². The van der Waals surface area contributed by atoms with Gasteiger partial charge < -0.3 is 4.55 Å². The Morgan fingerprint density at radius 1 is 1.46 bits per heavy atom. The van der Waals surface area contributed by atoms with Crippen LogP contribution in [0.5, 0.6) is 0 Å². The number of unbranched alkanes of at least 4 members (excludes halogenated alkanes) is 2. The van der Waals surface area contributed by atoms with Gasteiger partial charge in [0.25, 0.3) is 0 Å². The molecular weight excluding hydrogens is 208 g/mol. The second-order valence-electron chi connectivity index (χ2n) is 2.73. The first-order valence-corrected chi connectivity index (χ1v) is 7.76. The molecular formula is C8H16O3S2. The highest BCUT2D eigenvalue weighted by molar-refractivity contribution is 8.67. The summed E-state index contributed by atoms with van der Waals surface area (Å²) in [5, 5.41) is 0. The predicted octanol–water partition coefficient (Wildman–Crippen LogP) is 1.44. The standard InChI is InChI=1S/C8H16O3S2/c1-3-5-6-7-12(9)13(10,11)8-4-2/h4H,2-3,5-8H2,1H3. The summed E-state index contributed by atoms with van der Waals surface area (Å²) in [7, 11) is -5.17. The van der Waals surface area contributed by atoms with Gasteiger partial charge in [-0.3, -0.25) is 0 Å². The zero-order valence-electron chi connectivity index (χ0n) is 7.86. The Bertz CT molecular complexity index is 234. The summed E-state index contributed by atoms with van der Waals surface area (Å²) in [6, 6.07) is 0. The molecule has 0 saturated carbocycles. The molecule has 1 atom stereocenters. The van der Waals surface area contributed by atoms with Gasteiger partial charge in [0.05, 0.1) is 10.2 Å². The van der Waals surface area contributed by atoms with Gasteiger partial charge in [0.1, 0.15) is 11.5 Å². The van der Waals surface area contributed by atoms with Crippen LogP contribution in [-0.2, 0) is 19.1 Å². The average molecular weight is 224 g/mol. The van der Waals surface area contributed by atoms with Crippen LogP contribution < -0.4 is 0 Å². The molecule has 0 aromatic rings. The van der Waals surface area contributed by atoms with Crippen LogP contribution >= 0.6 is 0 Å². The van der Waals surface area contributed by atoms with Crippen LogP contribution in [0.3, 0.4) is 0 Å². The third-order valence-corrected chi connectivity index (χ3v) is 5.96. The molecule has 78 valence electrons. The van der Waals surface area contributed by atoms with Gasteiger partial charge in [-0.1, -0.05) is 19.4 Å². The molecule has 13 heavy (non-hydrogen) atoms. The highest BCUT2D eigenvalue weighted by atomic mass is 33.2. The van der Waals surface area contributed by atoms with Crippen molar-refractivity contribution in [1.82, 2.24) is 0 Å². The van der Waals surface area contributed by atoms with Crippen LogP contribution in [0, 0.1) is 0 Å². The van der Waals surface area contributed by atoms with Gasteiger partial charge >= 0.3 is 8.87 Å². The summed E-state index contributed by atoms with van der Waals surface area (Å²) < 4.78 is 33.5. The van der Waals surface area contributed by atoms with Crippen LogP contribution in [0.4, 0.5) is 0 Å². The first-order chi connectivity index (χ1) is 6.04. The zero-order valence-corrected chi connectivity index (χ0v) is 9.49. The third kappa shape index (κ3) is 5.33. The molecule has 0 aliphatic heterocycles. The topological polar surface area (TPSA) is 57.2 Å². The fourth-order valence-corrected chi connectivity index (χ4v) is 3.81. The van der Waals surface area contributed by atoms with Crippen molar-refractivity contribution in [2.24, 2.45) is 0 Å².